The lowest BCUT2D eigenvalue weighted by Crippen LogP contribution is -2.17. The summed E-state index contributed by atoms with van der Waals surface area (Å²) in [6, 6.07) is 14.3. The number of ether oxygens (including phenoxy) is 1. The fourth-order valence-electron chi connectivity index (χ4n) is 1.88. The van der Waals surface area contributed by atoms with Crippen LogP contribution in [0.3, 0.4) is 0 Å². The van der Waals surface area contributed by atoms with E-state index in [2.05, 4.69) is 28.1 Å². The molecule has 0 aromatic heterocycles. The average Bonchev–Trinajstić information content (AvgIpc) is 2.35. The van der Waals surface area contributed by atoms with Crippen LogP contribution in [0.2, 0.25) is 0 Å². The van der Waals surface area contributed by atoms with Gasteiger partial charge in [0.05, 0.1) is 0 Å². The maximum atomic E-state index is 5.89. The van der Waals surface area contributed by atoms with Gasteiger partial charge in [-0.3, -0.25) is 0 Å². The number of halogens is 1. The Morgan fingerprint density at radius 3 is 2.47 bits per heavy atom. The van der Waals surface area contributed by atoms with Gasteiger partial charge in [0, 0.05) is 10.5 Å². The van der Waals surface area contributed by atoms with E-state index >= 15 is 0 Å². The average molecular weight is 320 g/mol. The summed E-state index contributed by atoms with van der Waals surface area (Å²) in [5.41, 5.74) is 8.13. The fraction of sp³-hybridized carbons (Fsp3) is 0.250. The number of hydrogen-bond donors (Lipinski definition) is 1. The van der Waals surface area contributed by atoms with Crippen LogP contribution in [0.5, 0.6) is 11.5 Å². The third-order valence-electron chi connectivity index (χ3n) is 2.86. The van der Waals surface area contributed by atoms with Gasteiger partial charge in [-0.15, -0.1) is 0 Å². The molecular formula is C16H18BrNO. The van der Waals surface area contributed by atoms with E-state index in [-0.39, 0.29) is 6.04 Å². The molecule has 19 heavy (non-hydrogen) atoms. The highest BCUT2D eigenvalue weighted by molar-refractivity contribution is 9.10. The molecule has 1 unspecified atom stereocenters. The molecule has 100 valence electrons. The Kier molecular flexibility index (Phi) is 4.61. The molecule has 2 aromatic rings. The number of aryl methyl sites for hydroxylation is 1. The molecule has 1 atom stereocenters. The Bertz CT molecular complexity index is 549. The minimum Gasteiger partial charge on any atom is -0.457 e. The van der Waals surface area contributed by atoms with Crippen molar-refractivity contribution < 1.29 is 4.74 Å². The largest absolute Gasteiger partial charge is 0.457 e. The summed E-state index contributed by atoms with van der Waals surface area (Å²) in [6.07, 6.45) is 0.885. The van der Waals surface area contributed by atoms with E-state index in [9.17, 15) is 0 Å². The molecule has 0 saturated heterocycles. The number of rotatable bonds is 4. The molecule has 2 aromatic carbocycles. The molecule has 0 aliphatic heterocycles. The van der Waals surface area contributed by atoms with Crippen molar-refractivity contribution >= 4 is 15.9 Å². The zero-order chi connectivity index (χ0) is 13.8. The Morgan fingerprint density at radius 1 is 1.16 bits per heavy atom. The van der Waals surface area contributed by atoms with Crippen LogP contribution in [0.15, 0.2) is 46.9 Å². The molecule has 0 radical (unpaired) electrons. The van der Waals surface area contributed by atoms with Crippen molar-refractivity contribution in [3.8, 4) is 11.5 Å². The standard InChI is InChI=1S/C16H18BrNO/c1-11-3-6-14(17)10-16(11)19-15-7-4-13(5-8-15)9-12(2)18/h3-8,10,12H,9,18H2,1-2H3. The number of benzene rings is 2. The first-order chi connectivity index (χ1) is 9.04. The van der Waals surface area contributed by atoms with Gasteiger partial charge in [0.25, 0.3) is 0 Å². The molecule has 0 bridgehead atoms. The molecule has 2 rings (SSSR count). The van der Waals surface area contributed by atoms with E-state index in [0.717, 1.165) is 28.0 Å². The predicted octanol–water partition coefficient (Wildman–Crippen LogP) is 4.44. The minimum atomic E-state index is 0.180. The second kappa shape index (κ2) is 6.22. The lowest BCUT2D eigenvalue weighted by molar-refractivity contribution is 0.478. The third kappa shape index (κ3) is 4.08. The van der Waals surface area contributed by atoms with Crippen molar-refractivity contribution in [2.75, 3.05) is 0 Å². The maximum Gasteiger partial charge on any atom is 0.131 e. The van der Waals surface area contributed by atoms with Crippen LogP contribution in [0, 0.1) is 6.92 Å². The highest BCUT2D eigenvalue weighted by Gasteiger charge is 2.03. The van der Waals surface area contributed by atoms with Crippen molar-refractivity contribution in [1.29, 1.82) is 0 Å². The predicted molar refractivity (Wildman–Crippen MR) is 82.7 cm³/mol. The second-order valence-corrected chi connectivity index (χ2v) is 5.75. The van der Waals surface area contributed by atoms with E-state index in [1.807, 2.05) is 44.2 Å². The number of hydrogen-bond acceptors (Lipinski definition) is 2. The SMILES string of the molecule is Cc1ccc(Br)cc1Oc1ccc(CC(C)N)cc1. The summed E-state index contributed by atoms with van der Waals surface area (Å²) < 4.78 is 6.90. The molecule has 0 aliphatic carbocycles. The topological polar surface area (TPSA) is 35.2 Å². The molecule has 2 N–H and O–H groups in total. The fourth-order valence-corrected chi connectivity index (χ4v) is 2.22. The van der Waals surface area contributed by atoms with E-state index < -0.39 is 0 Å². The molecule has 0 amide bonds. The summed E-state index contributed by atoms with van der Waals surface area (Å²) in [6.45, 7) is 4.04. The van der Waals surface area contributed by atoms with Gasteiger partial charge >= 0.3 is 0 Å². The molecule has 0 fully saturated rings. The van der Waals surface area contributed by atoms with Crippen molar-refractivity contribution in [1.82, 2.24) is 0 Å². The van der Waals surface area contributed by atoms with Crippen LogP contribution in [-0.4, -0.2) is 6.04 Å². The molecule has 3 heteroatoms. The Morgan fingerprint density at radius 2 is 1.84 bits per heavy atom. The number of nitrogens with two attached hydrogens (primary N) is 1. The molecule has 0 saturated carbocycles. The van der Waals surface area contributed by atoms with Gasteiger partial charge in [0.15, 0.2) is 0 Å². The maximum absolute atomic E-state index is 5.89. The van der Waals surface area contributed by atoms with Gasteiger partial charge < -0.3 is 10.5 Å². The summed E-state index contributed by atoms with van der Waals surface area (Å²) in [7, 11) is 0. The lowest BCUT2D eigenvalue weighted by atomic mass is 10.1. The summed E-state index contributed by atoms with van der Waals surface area (Å²) in [5.74, 6) is 1.71. The van der Waals surface area contributed by atoms with Gasteiger partial charge in [-0.05, 0) is 55.7 Å². The van der Waals surface area contributed by atoms with E-state index in [0.29, 0.717) is 0 Å². The lowest BCUT2D eigenvalue weighted by Gasteiger charge is -2.10. The molecule has 0 heterocycles. The van der Waals surface area contributed by atoms with Crippen LogP contribution in [0.25, 0.3) is 0 Å². The van der Waals surface area contributed by atoms with Crippen LogP contribution in [0.1, 0.15) is 18.1 Å². The molecule has 0 spiro atoms. The van der Waals surface area contributed by atoms with Gasteiger partial charge in [0.1, 0.15) is 11.5 Å². The van der Waals surface area contributed by atoms with Gasteiger partial charge in [0.2, 0.25) is 0 Å². The van der Waals surface area contributed by atoms with E-state index in [1.54, 1.807) is 0 Å². The Labute approximate surface area is 122 Å². The zero-order valence-corrected chi connectivity index (χ0v) is 12.8. The molecular weight excluding hydrogens is 302 g/mol. The highest BCUT2D eigenvalue weighted by Crippen LogP contribution is 2.28. The first-order valence-corrected chi connectivity index (χ1v) is 7.12. The Hall–Kier alpha value is -1.32. The van der Waals surface area contributed by atoms with Crippen LogP contribution >= 0.6 is 15.9 Å². The van der Waals surface area contributed by atoms with Gasteiger partial charge in [-0.25, -0.2) is 0 Å². The summed E-state index contributed by atoms with van der Waals surface area (Å²) in [5, 5.41) is 0. The first kappa shape index (κ1) is 14.1. The van der Waals surface area contributed by atoms with E-state index in [4.69, 9.17) is 10.5 Å². The van der Waals surface area contributed by atoms with Gasteiger partial charge in [-0.2, -0.15) is 0 Å². The van der Waals surface area contributed by atoms with Gasteiger partial charge in [-0.1, -0.05) is 34.1 Å². The van der Waals surface area contributed by atoms with Crippen LogP contribution < -0.4 is 10.5 Å². The van der Waals surface area contributed by atoms with Crippen molar-refractivity contribution in [2.24, 2.45) is 5.73 Å². The van der Waals surface area contributed by atoms with Crippen LogP contribution in [-0.2, 0) is 6.42 Å². The van der Waals surface area contributed by atoms with Crippen molar-refractivity contribution in [3.05, 3.63) is 58.1 Å². The second-order valence-electron chi connectivity index (χ2n) is 4.84. The summed E-state index contributed by atoms with van der Waals surface area (Å²) in [4.78, 5) is 0. The van der Waals surface area contributed by atoms with Crippen LogP contribution in [0.4, 0.5) is 0 Å². The highest BCUT2D eigenvalue weighted by atomic mass is 79.9. The van der Waals surface area contributed by atoms with Crippen molar-refractivity contribution in [3.63, 3.8) is 0 Å². The molecule has 2 nitrogen and oxygen atoms in total. The van der Waals surface area contributed by atoms with E-state index in [1.165, 1.54) is 5.56 Å². The normalized spacial score (nSPS) is 12.2. The van der Waals surface area contributed by atoms with Crippen molar-refractivity contribution in [2.45, 2.75) is 26.3 Å². The monoisotopic (exact) mass is 319 g/mol. The third-order valence-corrected chi connectivity index (χ3v) is 3.35. The summed E-state index contributed by atoms with van der Waals surface area (Å²) >= 11 is 3.45. The first-order valence-electron chi connectivity index (χ1n) is 6.33. The Balaban J connectivity index is 2.13. The smallest absolute Gasteiger partial charge is 0.131 e. The molecule has 0 aliphatic rings. The minimum absolute atomic E-state index is 0.180. The quantitative estimate of drug-likeness (QED) is 0.904. The zero-order valence-electron chi connectivity index (χ0n) is 11.2.